The van der Waals surface area contributed by atoms with E-state index in [2.05, 4.69) is 25.1 Å². The molecule has 2 atom stereocenters. The lowest BCUT2D eigenvalue weighted by atomic mass is 9.90. The molecule has 0 bridgehead atoms. The molecular weight excluding hydrogens is 270 g/mol. The van der Waals surface area contributed by atoms with Gasteiger partial charge in [-0.15, -0.1) is 6.42 Å². The van der Waals surface area contributed by atoms with Crippen LogP contribution in [0.15, 0.2) is 11.8 Å². The third-order valence-electron chi connectivity index (χ3n) is 3.38. The summed E-state index contributed by atoms with van der Waals surface area (Å²) < 4.78 is 11.3. The highest BCUT2D eigenvalue weighted by atomic mass is 16.7. The Labute approximate surface area is 126 Å². The van der Waals surface area contributed by atoms with Gasteiger partial charge in [-0.2, -0.15) is 0 Å². The highest BCUT2D eigenvalue weighted by Gasteiger charge is 2.29. The number of allylic oxidation sites excluding steroid dienone is 1. The van der Waals surface area contributed by atoms with Gasteiger partial charge < -0.3 is 19.9 Å². The minimum atomic E-state index is -0.423. The van der Waals surface area contributed by atoms with Crippen LogP contribution in [0.2, 0.25) is 0 Å². The van der Waals surface area contributed by atoms with Crippen molar-refractivity contribution in [2.75, 3.05) is 19.8 Å². The van der Waals surface area contributed by atoms with Gasteiger partial charge >= 0.3 is 0 Å². The van der Waals surface area contributed by atoms with Crippen LogP contribution in [0.3, 0.4) is 0 Å². The van der Waals surface area contributed by atoms with Crippen LogP contribution >= 0.6 is 0 Å². The molecule has 1 aliphatic rings. The molecule has 0 fully saturated rings. The van der Waals surface area contributed by atoms with Crippen LogP contribution in [0.25, 0.3) is 0 Å². The molecule has 1 amide bonds. The van der Waals surface area contributed by atoms with Crippen LogP contribution in [0.1, 0.15) is 33.1 Å². The zero-order valence-corrected chi connectivity index (χ0v) is 12.8. The minimum Gasteiger partial charge on any atom is -0.459 e. The molecule has 2 N–H and O–H groups in total. The van der Waals surface area contributed by atoms with Gasteiger partial charge in [0.05, 0.1) is 13.2 Å². The van der Waals surface area contributed by atoms with Gasteiger partial charge in [0, 0.05) is 13.0 Å². The molecule has 0 spiro atoms. The van der Waals surface area contributed by atoms with E-state index in [0.29, 0.717) is 18.9 Å². The number of hydrogen-bond acceptors (Lipinski definition) is 4. The lowest BCUT2D eigenvalue weighted by Gasteiger charge is -2.30. The summed E-state index contributed by atoms with van der Waals surface area (Å²) in [5.74, 6) is 2.96. The molecule has 0 aromatic heterocycles. The van der Waals surface area contributed by atoms with E-state index in [4.69, 9.17) is 21.0 Å². The van der Waals surface area contributed by atoms with Crippen molar-refractivity contribution < 1.29 is 19.4 Å². The molecule has 1 aliphatic heterocycles. The summed E-state index contributed by atoms with van der Waals surface area (Å²) >= 11 is 0. The predicted octanol–water partition coefficient (Wildman–Crippen LogP) is 1.43. The fourth-order valence-electron chi connectivity index (χ4n) is 2.06. The van der Waals surface area contributed by atoms with Gasteiger partial charge in [0.15, 0.2) is 5.76 Å². The zero-order chi connectivity index (χ0) is 15.7. The van der Waals surface area contributed by atoms with E-state index in [1.165, 1.54) is 0 Å². The van der Waals surface area contributed by atoms with Crippen LogP contribution < -0.4 is 5.32 Å². The van der Waals surface area contributed by atoms with Crippen molar-refractivity contribution in [2.24, 2.45) is 11.8 Å². The molecule has 0 radical (unpaired) electrons. The fraction of sp³-hybridized carbons (Fsp3) is 0.688. The lowest BCUT2D eigenvalue weighted by molar-refractivity contribution is -0.150. The van der Waals surface area contributed by atoms with Gasteiger partial charge in [-0.05, 0) is 30.8 Å². The number of hydrogen-bond donors (Lipinski definition) is 2. The second-order valence-corrected chi connectivity index (χ2v) is 5.41. The Kier molecular flexibility index (Phi) is 7.88. The molecule has 1 heterocycles. The van der Waals surface area contributed by atoms with E-state index in [1.54, 1.807) is 0 Å². The number of terminal acetylenes is 1. The number of carbonyl (C=O) groups excluding carboxylic acids is 1. The van der Waals surface area contributed by atoms with Crippen molar-refractivity contribution in [1.29, 1.82) is 0 Å². The summed E-state index contributed by atoms with van der Waals surface area (Å²) in [6, 6.07) is 0. The zero-order valence-electron chi connectivity index (χ0n) is 12.8. The number of amides is 1. The summed E-state index contributed by atoms with van der Waals surface area (Å²) in [6.45, 7) is 5.05. The third kappa shape index (κ3) is 6.19. The topological polar surface area (TPSA) is 67.8 Å². The molecule has 118 valence electrons. The number of aliphatic hydroxyl groups is 1. The first-order chi connectivity index (χ1) is 10.1. The van der Waals surface area contributed by atoms with Crippen molar-refractivity contribution in [3.05, 3.63) is 11.8 Å². The number of rotatable bonds is 8. The summed E-state index contributed by atoms with van der Waals surface area (Å²) in [4.78, 5) is 12.0. The maximum absolute atomic E-state index is 12.0. The van der Waals surface area contributed by atoms with Gasteiger partial charge in [-0.3, -0.25) is 4.79 Å². The quantitative estimate of drug-likeness (QED) is 0.525. The number of unbranched alkanes of at least 4 members (excludes halogenated alkanes) is 1. The number of carbonyl (C=O) groups is 1. The number of nitrogens with one attached hydrogen (secondary N) is 1. The Balaban J connectivity index is 2.60. The summed E-state index contributed by atoms with van der Waals surface area (Å²) in [7, 11) is 0. The molecule has 21 heavy (non-hydrogen) atoms. The van der Waals surface area contributed by atoms with Crippen molar-refractivity contribution in [1.82, 2.24) is 5.32 Å². The molecule has 0 aromatic rings. The Morgan fingerprint density at radius 2 is 2.38 bits per heavy atom. The maximum Gasteiger partial charge on any atom is 0.286 e. The second kappa shape index (κ2) is 9.43. The predicted molar refractivity (Wildman–Crippen MR) is 80.0 cm³/mol. The van der Waals surface area contributed by atoms with Gasteiger partial charge in [-0.1, -0.05) is 19.8 Å². The Morgan fingerprint density at radius 3 is 3.00 bits per heavy atom. The van der Waals surface area contributed by atoms with Crippen LogP contribution in [0.5, 0.6) is 0 Å². The van der Waals surface area contributed by atoms with Gasteiger partial charge in [-0.25, -0.2) is 0 Å². The first kappa shape index (κ1) is 17.5. The van der Waals surface area contributed by atoms with E-state index < -0.39 is 6.29 Å². The normalized spacial score (nSPS) is 21.4. The molecule has 0 saturated carbocycles. The van der Waals surface area contributed by atoms with E-state index in [0.717, 1.165) is 12.8 Å². The second-order valence-electron chi connectivity index (χ2n) is 5.41. The van der Waals surface area contributed by atoms with Gasteiger partial charge in [0.2, 0.25) is 6.29 Å². The maximum atomic E-state index is 12.0. The van der Waals surface area contributed by atoms with E-state index in [9.17, 15) is 4.79 Å². The van der Waals surface area contributed by atoms with Crippen molar-refractivity contribution >= 4 is 5.91 Å². The van der Waals surface area contributed by atoms with Crippen molar-refractivity contribution in [2.45, 2.75) is 39.4 Å². The standard InChI is InChI=1S/C16H25NO4/c1-4-7-17-16(19)14-10-13(12(2)3)11-15(21-14)20-9-6-5-8-18/h1,10,12-13,15,18H,5-9,11H2,2-3H3,(H,17,19)/t13-,15+/m1/s1. The van der Waals surface area contributed by atoms with Crippen LogP contribution in [0, 0.1) is 24.2 Å². The fourth-order valence-corrected chi connectivity index (χ4v) is 2.06. The van der Waals surface area contributed by atoms with E-state index in [1.807, 2.05) is 6.08 Å². The molecule has 5 nitrogen and oxygen atoms in total. The van der Waals surface area contributed by atoms with Crippen molar-refractivity contribution in [3.63, 3.8) is 0 Å². The molecule has 1 rings (SSSR count). The Bertz CT molecular complexity index is 398. The molecule has 0 aromatic carbocycles. The van der Waals surface area contributed by atoms with Crippen LogP contribution in [0.4, 0.5) is 0 Å². The number of ether oxygens (including phenoxy) is 2. The highest BCUT2D eigenvalue weighted by Crippen LogP contribution is 2.28. The largest absolute Gasteiger partial charge is 0.459 e. The van der Waals surface area contributed by atoms with Crippen LogP contribution in [-0.4, -0.2) is 37.1 Å². The molecule has 0 aliphatic carbocycles. The van der Waals surface area contributed by atoms with Crippen molar-refractivity contribution in [3.8, 4) is 12.3 Å². The molecule has 5 heteroatoms. The molecule has 0 unspecified atom stereocenters. The molecule has 0 saturated heterocycles. The van der Waals surface area contributed by atoms with E-state index >= 15 is 0 Å². The van der Waals surface area contributed by atoms with Gasteiger partial charge in [0.1, 0.15) is 0 Å². The SMILES string of the molecule is C#CCNC(=O)C1=C[C@@H](C(C)C)C[C@@H](OCCCCO)O1. The molecular formula is C16H25NO4. The van der Waals surface area contributed by atoms with E-state index in [-0.39, 0.29) is 30.7 Å². The van der Waals surface area contributed by atoms with Gasteiger partial charge in [0.25, 0.3) is 5.91 Å². The average Bonchev–Trinajstić information content (AvgIpc) is 2.48. The smallest absolute Gasteiger partial charge is 0.286 e. The number of aliphatic hydroxyl groups excluding tert-OH is 1. The summed E-state index contributed by atoms with van der Waals surface area (Å²) in [5.41, 5.74) is 0. The Hall–Kier alpha value is -1.51. The monoisotopic (exact) mass is 295 g/mol. The first-order valence-corrected chi connectivity index (χ1v) is 7.41. The highest BCUT2D eigenvalue weighted by molar-refractivity contribution is 5.91. The third-order valence-corrected chi connectivity index (χ3v) is 3.38. The summed E-state index contributed by atoms with van der Waals surface area (Å²) in [6.07, 6.45) is 8.75. The average molecular weight is 295 g/mol. The van der Waals surface area contributed by atoms with Crippen LogP contribution in [-0.2, 0) is 14.3 Å². The lowest BCUT2D eigenvalue weighted by Crippen LogP contribution is -2.34. The first-order valence-electron chi connectivity index (χ1n) is 7.41. The minimum absolute atomic E-state index is 0.156. The Morgan fingerprint density at radius 1 is 1.62 bits per heavy atom. The summed E-state index contributed by atoms with van der Waals surface area (Å²) in [5, 5.41) is 11.4.